The highest BCUT2D eigenvalue weighted by Gasteiger charge is 2.56. The Kier molecular flexibility index (Phi) is 6.28. The summed E-state index contributed by atoms with van der Waals surface area (Å²) < 4.78 is 60.9. The predicted molar refractivity (Wildman–Crippen MR) is 99.5 cm³/mol. The van der Waals surface area contributed by atoms with E-state index in [9.17, 15) is 22.7 Å². The van der Waals surface area contributed by atoms with Crippen LogP contribution >= 0.6 is 0 Å². The van der Waals surface area contributed by atoms with E-state index in [1.807, 2.05) is 0 Å². The molecule has 0 saturated heterocycles. The molecular formula is C21H27F4NO2. The number of nitrogens with zero attached hydrogens (tertiary/aromatic N) is 1. The van der Waals surface area contributed by atoms with Crippen molar-refractivity contribution in [3.05, 3.63) is 52.6 Å². The fraction of sp³-hybridized carbons (Fsp3) is 0.571. The summed E-state index contributed by atoms with van der Waals surface area (Å²) in [5.74, 6) is 0.341. The monoisotopic (exact) mass is 401 g/mol. The van der Waals surface area contributed by atoms with E-state index in [-0.39, 0.29) is 12.1 Å². The summed E-state index contributed by atoms with van der Waals surface area (Å²) in [5, 5.41) is 10.7. The Hall–Kier alpha value is -1.89. The van der Waals surface area contributed by atoms with E-state index < -0.39 is 36.2 Å². The van der Waals surface area contributed by atoms with Crippen molar-refractivity contribution in [2.24, 2.45) is 5.41 Å². The van der Waals surface area contributed by atoms with Crippen LogP contribution in [0.5, 0.6) is 0 Å². The number of rotatable bonds is 6. The van der Waals surface area contributed by atoms with E-state index in [0.29, 0.717) is 17.0 Å². The molecule has 2 rings (SSSR count). The zero-order valence-electron chi connectivity index (χ0n) is 16.8. The first-order valence-electron chi connectivity index (χ1n) is 9.10. The van der Waals surface area contributed by atoms with Crippen LogP contribution in [0.1, 0.15) is 43.6 Å². The first kappa shape index (κ1) is 22.4. The molecule has 28 heavy (non-hydrogen) atoms. The first-order chi connectivity index (χ1) is 12.8. The second-order valence-electron chi connectivity index (χ2n) is 8.17. The molecule has 0 bridgehead atoms. The van der Waals surface area contributed by atoms with E-state index in [1.54, 1.807) is 33.8 Å². The molecule has 2 atom stereocenters. The number of hydrogen-bond donors (Lipinski definition) is 1. The third-order valence-electron chi connectivity index (χ3n) is 5.08. The molecule has 1 N–H and O–H groups in total. The molecule has 0 aromatic carbocycles. The molecule has 0 spiro atoms. The molecule has 0 radical (unpaired) electrons. The molecular weight excluding hydrogens is 374 g/mol. The largest absolute Gasteiger partial charge is 0.497 e. The molecule has 1 aliphatic carbocycles. The van der Waals surface area contributed by atoms with Gasteiger partial charge in [0, 0.05) is 24.2 Å². The lowest BCUT2D eigenvalue weighted by atomic mass is 9.70. The van der Waals surface area contributed by atoms with Crippen molar-refractivity contribution in [3.8, 4) is 0 Å². The Labute approximate surface area is 163 Å². The Balaban J connectivity index is 2.43. The van der Waals surface area contributed by atoms with Gasteiger partial charge in [0.25, 0.3) is 0 Å². The maximum absolute atomic E-state index is 13.9. The highest BCUT2D eigenvalue weighted by Crippen LogP contribution is 2.47. The maximum Gasteiger partial charge on any atom is 0.417 e. The average molecular weight is 401 g/mol. The van der Waals surface area contributed by atoms with Crippen molar-refractivity contribution in [2.45, 2.75) is 64.9 Å². The molecule has 0 aliphatic heterocycles. The molecule has 2 unspecified atom stereocenters. The first-order valence-corrected chi connectivity index (χ1v) is 9.10. The van der Waals surface area contributed by atoms with Crippen LogP contribution in [0.4, 0.5) is 17.6 Å². The van der Waals surface area contributed by atoms with Gasteiger partial charge in [-0.3, -0.25) is 4.98 Å². The second-order valence-corrected chi connectivity index (χ2v) is 8.17. The lowest BCUT2D eigenvalue weighted by Crippen LogP contribution is -2.50. The van der Waals surface area contributed by atoms with E-state index in [1.165, 1.54) is 25.3 Å². The zero-order valence-corrected chi connectivity index (χ0v) is 16.8. The zero-order chi connectivity index (χ0) is 21.3. The van der Waals surface area contributed by atoms with Gasteiger partial charge in [-0.1, -0.05) is 13.8 Å². The summed E-state index contributed by atoms with van der Waals surface area (Å²) in [7, 11) is 1.39. The standard InChI is InChI=1S/C21H27F4NO2/c1-13-8-14(2)26-16(9-13)11-20(27,21(23,24)25)12-19(3,4)17-10-15(22)6-7-18(17)28-5/h6-9,15,27H,10-12H2,1-5H3. The Morgan fingerprint density at radius 2 is 1.86 bits per heavy atom. The van der Waals surface area contributed by atoms with Crippen molar-refractivity contribution in [3.63, 3.8) is 0 Å². The van der Waals surface area contributed by atoms with Gasteiger partial charge in [-0.15, -0.1) is 0 Å². The van der Waals surface area contributed by atoms with E-state index in [0.717, 1.165) is 5.56 Å². The van der Waals surface area contributed by atoms with Gasteiger partial charge < -0.3 is 9.84 Å². The molecule has 0 fully saturated rings. The second kappa shape index (κ2) is 7.85. The van der Waals surface area contributed by atoms with Crippen LogP contribution in [0.2, 0.25) is 0 Å². The minimum Gasteiger partial charge on any atom is -0.497 e. The number of alkyl halides is 4. The number of hydrogen-bond acceptors (Lipinski definition) is 3. The highest BCUT2D eigenvalue weighted by molar-refractivity contribution is 5.32. The molecule has 1 aromatic heterocycles. The Morgan fingerprint density at radius 3 is 2.39 bits per heavy atom. The molecule has 0 amide bonds. The van der Waals surface area contributed by atoms with Gasteiger partial charge >= 0.3 is 6.18 Å². The van der Waals surface area contributed by atoms with Gasteiger partial charge in [0.2, 0.25) is 0 Å². The topological polar surface area (TPSA) is 42.4 Å². The van der Waals surface area contributed by atoms with Gasteiger partial charge in [0.05, 0.1) is 7.11 Å². The fourth-order valence-electron chi connectivity index (χ4n) is 3.87. The van der Waals surface area contributed by atoms with Crippen LogP contribution in [-0.2, 0) is 11.2 Å². The SMILES string of the molecule is COC1=C(C(C)(C)CC(O)(Cc2cc(C)cc(C)n2)C(F)(F)F)CC(F)C=C1. The molecule has 1 aliphatic rings. The number of aromatic nitrogens is 1. The predicted octanol–water partition coefficient (Wildman–Crippen LogP) is 5.15. The van der Waals surface area contributed by atoms with Crippen LogP contribution in [0.15, 0.2) is 35.6 Å². The van der Waals surface area contributed by atoms with Gasteiger partial charge in [0.15, 0.2) is 5.60 Å². The minimum absolute atomic E-state index is 0.0670. The maximum atomic E-state index is 13.9. The van der Waals surface area contributed by atoms with Crippen molar-refractivity contribution in [1.82, 2.24) is 4.98 Å². The van der Waals surface area contributed by atoms with Crippen LogP contribution in [0.3, 0.4) is 0 Å². The number of allylic oxidation sites excluding steroid dienone is 3. The number of aryl methyl sites for hydroxylation is 2. The number of methoxy groups -OCH3 is 1. The summed E-state index contributed by atoms with van der Waals surface area (Å²) in [6.45, 7) is 6.59. The Morgan fingerprint density at radius 1 is 1.21 bits per heavy atom. The molecule has 1 heterocycles. The smallest absolute Gasteiger partial charge is 0.417 e. The van der Waals surface area contributed by atoms with E-state index in [4.69, 9.17) is 4.74 Å². The Bertz CT molecular complexity index is 763. The van der Waals surface area contributed by atoms with Crippen LogP contribution in [0, 0.1) is 19.3 Å². The molecule has 156 valence electrons. The summed E-state index contributed by atoms with van der Waals surface area (Å²) >= 11 is 0. The number of pyridine rings is 1. The third-order valence-corrected chi connectivity index (χ3v) is 5.08. The number of aliphatic hydroxyl groups is 1. The normalized spacial score (nSPS) is 20.3. The van der Waals surface area contributed by atoms with Gasteiger partial charge in [0.1, 0.15) is 11.9 Å². The minimum atomic E-state index is -4.88. The summed E-state index contributed by atoms with van der Waals surface area (Å²) in [5.41, 5.74) is -2.22. The van der Waals surface area contributed by atoms with Gasteiger partial charge in [-0.2, -0.15) is 13.2 Å². The van der Waals surface area contributed by atoms with Crippen LogP contribution in [-0.4, -0.2) is 35.1 Å². The van der Waals surface area contributed by atoms with Crippen molar-refractivity contribution < 1.29 is 27.4 Å². The van der Waals surface area contributed by atoms with E-state index >= 15 is 0 Å². The summed E-state index contributed by atoms with van der Waals surface area (Å²) in [4.78, 5) is 4.15. The fourth-order valence-corrected chi connectivity index (χ4v) is 3.87. The third kappa shape index (κ3) is 4.93. The van der Waals surface area contributed by atoms with Crippen LogP contribution < -0.4 is 0 Å². The van der Waals surface area contributed by atoms with Crippen molar-refractivity contribution >= 4 is 0 Å². The summed E-state index contributed by atoms with van der Waals surface area (Å²) in [6.07, 6.45) is -4.81. The lowest BCUT2D eigenvalue weighted by Gasteiger charge is -2.40. The van der Waals surface area contributed by atoms with Crippen LogP contribution in [0.25, 0.3) is 0 Å². The summed E-state index contributed by atoms with van der Waals surface area (Å²) in [6, 6.07) is 3.29. The average Bonchev–Trinajstić information content (AvgIpc) is 2.52. The van der Waals surface area contributed by atoms with Crippen molar-refractivity contribution in [2.75, 3.05) is 7.11 Å². The number of halogens is 4. The molecule has 0 saturated carbocycles. The van der Waals surface area contributed by atoms with Crippen molar-refractivity contribution in [1.29, 1.82) is 0 Å². The van der Waals surface area contributed by atoms with Gasteiger partial charge in [-0.05, 0) is 61.1 Å². The van der Waals surface area contributed by atoms with Gasteiger partial charge in [-0.25, -0.2) is 4.39 Å². The molecule has 3 nitrogen and oxygen atoms in total. The quantitative estimate of drug-likeness (QED) is 0.671. The number of ether oxygens (including phenoxy) is 1. The molecule has 1 aromatic rings. The molecule has 7 heteroatoms. The highest BCUT2D eigenvalue weighted by atomic mass is 19.4. The lowest BCUT2D eigenvalue weighted by molar-refractivity contribution is -0.268. The van der Waals surface area contributed by atoms with E-state index in [2.05, 4.69) is 4.98 Å².